The van der Waals surface area contributed by atoms with Gasteiger partial charge in [0.15, 0.2) is 0 Å². The van der Waals surface area contributed by atoms with Gasteiger partial charge in [-0.25, -0.2) is 0 Å². The quantitative estimate of drug-likeness (QED) is 0.589. The first-order chi connectivity index (χ1) is 11.7. The molecule has 0 saturated heterocycles. The van der Waals surface area contributed by atoms with Crippen LogP contribution in [0.1, 0.15) is 5.56 Å². The van der Waals surface area contributed by atoms with Crippen LogP contribution in [-0.4, -0.2) is 9.13 Å². The van der Waals surface area contributed by atoms with Crippen LogP contribution >= 0.6 is 0 Å². The van der Waals surface area contributed by atoms with Gasteiger partial charge in [-0.2, -0.15) is 0 Å². The van der Waals surface area contributed by atoms with E-state index in [0.717, 1.165) is 11.0 Å². The molecule has 0 spiro atoms. The zero-order valence-corrected chi connectivity index (χ0v) is 13.6. The van der Waals surface area contributed by atoms with Gasteiger partial charge in [-0.15, -0.1) is 0 Å². The van der Waals surface area contributed by atoms with E-state index in [1.807, 2.05) is 34.4 Å². The third kappa shape index (κ3) is 2.44. The summed E-state index contributed by atoms with van der Waals surface area (Å²) in [5.74, 6) is 0. The molecule has 3 nitrogen and oxygen atoms in total. The number of fused-ring (bicyclic) bond motifs is 1. The van der Waals surface area contributed by atoms with Gasteiger partial charge in [-0.05, 0) is 28.8 Å². The number of nitrogens with one attached hydrogen (secondary N) is 1. The van der Waals surface area contributed by atoms with E-state index >= 15 is 0 Å². The summed E-state index contributed by atoms with van der Waals surface area (Å²) >= 11 is 0. The van der Waals surface area contributed by atoms with Crippen LogP contribution in [0.5, 0.6) is 0 Å². The Morgan fingerprint density at radius 3 is 2.00 bits per heavy atom. The van der Waals surface area contributed by atoms with E-state index in [9.17, 15) is 0 Å². The van der Waals surface area contributed by atoms with E-state index in [4.69, 9.17) is 5.41 Å². The molecule has 1 N–H and O–H groups in total. The van der Waals surface area contributed by atoms with E-state index < -0.39 is 0 Å². The van der Waals surface area contributed by atoms with Crippen LogP contribution in [0.25, 0.3) is 22.2 Å². The zero-order chi connectivity index (χ0) is 16.5. The molecule has 0 saturated carbocycles. The Balaban J connectivity index is 1.70. The molecule has 4 rings (SSSR count). The lowest BCUT2D eigenvalue weighted by Crippen LogP contribution is -2.22. The summed E-state index contributed by atoms with van der Waals surface area (Å²) in [5.41, 5.74) is 6.34. The van der Waals surface area contributed by atoms with Gasteiger partial charge in [0.05, 0.1) is 17.6 Å². The minimum atomic E-state index is 0.517. The van der Waals surface area contributed by atoms with Gasteiger partial charge in [0.1, 0.15) is 0 Å². The summed E-state index contributed by atoms with van der Waals surface area (Å²) < 4.78 is 3.97. The highest BCUT2D eigenvalue weighted by atomic mass is 15.2. The van der Waals surface area contributed by atoms with Gasteiger partial charge in [0, 0.05) is 7.05 Å². The predicted molar refractivity (Wildman–Crippen MR) is 97.7 cm³/mol. The van der Waals surface area contributed by atoms with Crippen molar-refractivity contribution in [1.82, 2.24) is 9.13 Å². The minimum Gasteiger partial charge on any atom is -0.313 e. The van der Waals surface area contributed by atoms with E-state index in [-0.39, 0.29) is 0 Å². The second kappa shape index (κ2) is 5.85. The lowest BCUT2D eigenvalue weighted by molar-refractivity contribution is 0.695. The monoisotopic (exact) mass is 313 g/mol. The highest BCUT2D eigenvalue weighted by Crippen LogP contribution is 2.20. The van der Waals surface area contributed by atoms with Crippen molar-refractivity contribution in [3.05, 3.63) is 90.0 Å². The van der Waals surface area contributed by atoms with Crippen molar-refractivity contribution in [2.24, 2.45) is 7.05 Å². The molecule has 118 valence electrons. The summed E-state index contributed by atoms with van der Waals surface area (Å²) in [6.07, 6.45) is 0. The fraction of sp³-hybridized carbons (Fsp3) is 0.0952. The lowest BCUT2D eigenvalue weighted by Gasteiger charge is -2.07. The van der Waals surface area contributed by atoms with E-state index in [1.165, 1.54) is 16.7 Å². The molecular weight excluding hydrogens is 294 g/mol. The Morgan fingerprint density at radius 1 is 0.708 bits per heavy atom. The molecule has 3 aromatic carbocycles. The van der Waals surface area contributed by atoms with E-state index in [0.29, 0.717) is 12.2 Å². The van der Waals surface area contributed by atoms with Crippen LogP contribution in [0.4, 0.5) is 0 Å². The molecule has 0 aliphatic carbocycles. The number of hydrogen-bond acceptors (Lipinski definition) is 1. The molecule has 1 aromatic heterocycles. The average molecular weight is 313 g/mol. The molecule has 0 bridgehead atoms. The third-order valence-electron chi connectivity index (χ3n) is 4.51. The molecule has 24 heavy (non-hydrogen) atoms. The largest absolute Gasteiger partial charge is 0.313 e. The second-order valence-corrected chi connectivity index (χ2v) is 6.02. The van der Waals surface area contributed by atoms with Crippen LogP contribution in [0.2, 0.25) is 0 Å². The van der Waals surface area contributed by atoms with Crippen molar-refractivity contribution < 1.29 is 0 Å². The first-order valence-electron chi connectivity index (χ1n) is 8.07. The maximum Gasteiger partial charge on any atom is 0.203 e. The zero-order valence-electron chi connectivity index (χ0n) is 13.6. The summed E-state index contributed by atoms with van der Waals surface area (Å²) in [7, 11) is 1.94. The molecule has 0 unspecified atom stereocenters. The number of imidazole rings is 1. The van der Waals surface area contributed by atoms with Crippen molar-refractivity contribution >= 4 is 11.0 Å². The van der Waals surface area contributed by atoms with Crippen molar-refractivity contribution in [2.45, 2.75) is 6.54 Å². The van der Waals surface area contributed by atoms with Crippen molar-refractivity contribution in [3.8, 4) is 11.1 Å². The number of rotatable bonds is 3. The molecule has 0 amide bonds. The Morgan fingerprint density at radius 2 is 1.29 bits per heavy atom. The van der Waals surface area contributed by atoms with Crippen LogP contribution in [0, 0.1) is 5.41 Å². The van der Waals surface area contributed by atoms with Gasteiger partial charge in [-0.1, -0.05) is 66.7 Å². The number of hydrogen-bond donors (Lipinski definition) is 1. The maximum absolute atomic E-state index is 8.38. The topological polar surface area (TPSA) is 33.7 Å². The van der Waals surface area contributed by atoms with Gasteiger partial charge < -0.3 is 9.13 Å². The van der Waals surface area contributed by atoms with Gasteiger partial charge in [0.2, 0.25) is 5.62 Å². The summed E-state index contributed by atoms with van der Waals surface area (Å²) in [6, 6.07) is 27.2. The first-order valence-corrected chi connectivity index (χ1v) is 8.07. The average Bonchev–Trinajstić information content (AvgIpc) is 2.88. The van der Waals surface area contributed by atoms with Crippen LogP contribution in [-0.2, 0) is 13.6 Å². The smallest absolute Gasteiger partial charge is 0.203 e. The molecular formula is C21H19N3. The molecule has 0 aliphatic heterocycles. The number of aromatic nitrogens is 2. The molecule has 0 radical (unpaired) electrons. The Hall–Kier alpha value is -3.07. The molecule has 3 heteroatoms. The van der Waals surface area contributed by atoms with Gasteiger partial charge >= 0.3 is 0 Å². The molecule has 0 aliphatic rings. The highest BCUT2D eigenvalue weighted by molar-refractivity contribution is 5.75. The summed E-state index contributed by atoms with van der Waals surface area (Å²) in [5, 5.41) is 8.38. The third-order valence-corrected chi connectivity index (χ3v) is 4.51. The Kier molecular flexibility index (Phi) is 3.54. The van der Waals surface area contributed by atoms with E-state index in [1.54, 1.807) is 0 Å². The minimum absolute atomic E-state index is 0.517. The van der Waals surface area contributed by atoms with Crippen LogP contribution in [0.15, 0.2) is 78.9 Å². The van der Waals surface area contributed by atoms with Crippen molar-refractivity contribution in [2.75, 3.05) is 0 Å². The highest BCUT2D eigenvalue weighted by Gasteiger charge is 2.08. The van der Waals surface area contributed by atoms with Crippen LogP contribution < -0.4 is 5.62 Å². The lowest BCUT2D eigenvalue weighted by atomic mass is 10.0. The van der Waals surface area contributed by atoms with Gasteiger partial charge in [0.25, 0.3) is 0 Å². The standard InChI is InChI=1S/C21H19N3/c1-23-19-9-5-6-10-20(19)24(21(23)22)15-16-11-13-18(14-12-16)17-7-3-2-4-8-17/h2-14,22H,15H2,1H3. The normalized spacial score (nSPS) is 11.0. The molecule has 0 fully saturated rings. The number of nitrogens with zero attached hydrogens (tertiary/aromatic N) is 2. The number of para-hydroxylation sites is 2. The maximum atomic E-state index is 8.38. The molecule has 1 heterocycles. The Labute approximate surface area is 140 Å². The molecule has 4 aromatic rings. The summed E-state index contributed by atoms with van der Waals surface area (Å²) in [6.45, 7) is 0.704. The van der Waals surface area contributed by atoms with E-state index in [2.05, 4.69) is 60.7 Å². The number of aryl methyl sites for hydroxylation is 1. The first kappa shape index (κ1) is 14.5. The van der Waals surface area contributed by atoms with Crippen molar-refractivity contribution in [3.63, 3.8) is 0 Å². The predicted octanol–water partition coefficient (Wildman–Crippen LogP) is 4.17. The summed E-state index contributed by atoms with van der Waals surface area (Å²) in [4.78, 5) is 0. The van der Waals surface area contributed by atoms with Gasteiger partial charge in [-0.3, -0.25) is 5.41 Å². The SMILES string of the molecule is Cn1c(=N)n(Cc2ccc(-c3ccccc3)cc2)c2ccccc21. The van der Waals surface area contributed by atoms with Crippen LogP contribution in [0.3, 0.4) is 0 Å². The Bertz CT molecular complexity index is 1040. The second-order valence-electron chi connectivity index (χ2n) is 6.02. The number of benzene rings is 3. The molecule has 0 atom stereocenters. The fourth-order valence-corrected chi connectivity index (χ4v) is 3.16. The fourth-order valence-electron chi connectivity index (χ4n) is 3.16. The van der Waals surface area contributed by atoms with Crippen molar-refractivity contribution in [1.29, 1.82) is 5.41 Å².